The number of nitrogens with zero attached hydrogens (tertiary/aromatic N) is 4. The van der Waals surface area contributed by atoms with Crippen molar-refractivity contribution in [1.82, 2.24) is 14.4 Å². The van der Waals surface area contributed by atoms with E-state index in [1.54, 1.807) is 47.3 Å². The highest BCUT2D eigenvalue weighted by Crippen LogP contribution is 2.24. The van der Waals surface area contributed by atoms with E-state index in [1.807, 2.05) is 0 Å². The average molecular weight is 477 g/mol. The molecule has 3 heterocycles. The molecule has 0 fully saturated rings. The maximum Gasteiger partial charge on any atom is 0.412 e. The van der Waals surface area contributed by atoms with Crippen LogP contribution in [0.1, 0.15) is 10.4 Å². The molecular weight excluding hydrogens is 457 g/mol. The number of imidazole rings is 1. The van der Waals surface area contributed by atoms with Gasteiger partial charge in [-0.25, -0.2) is 19.2 Å². The van der Waals surface area contributed by atoms with Crippen LogP contribution in [0.2, 0.25) is 0 Å². The summed E-state index contributed by atoms with van der Waals surface area (Å²) in [6, 6.07) is 11.9. The van der Waals surface area contributed by atoms with Crippen molar-refractivity contribution in [1.29, 1.82) is 0 Å². The van der Waals surface area contributed by atoms with Gasteiger partial charge in [0, 0.05) is 23.6 Å². The van der Waals surface area contributed by atoms with Gasteiger partial charge < -0.3 is 9.47 Å². The van der Waals surface area contributed by atoms with Crippen LogP contribution in [0.5, 0.6) is 0 Å². The minimum atomic E-state index is -0.654. The first-order valence-corrected chi connectivity index (χ1v) is 10.3. The Morgan fingerprint density at radius 2 is 1.86 bits per heavy atom. The number of halogens is 1. The maximum atomic E-state index is 13.8. The standard InChI is InChI=1S/C24H20FN5O5/c1-34-22(31)14-29(18-5-3-4-17(25)10-18)23(32)16-7-9-21-27-12-19(30(21)13-16)15-6-8-20(26-11-15)28-24(33)35-2/h3-13H,14H2,1-2H3,(H,26,28,33). The van der Waals surface area contributed by atoms with E-state index in [0.29, 0.717) is 22.7 Å². The monoisotopic (exact) mass is 477 g/mol. The number of esters is 1. The molecule has 0 aliphatic carbocycles. The minimum Gasteiger partial charge on any atom is -0.468 e. The fourth-order valence-corrected chi connectivity index (χ4v) is 3.37. The summed E-state index contributed by atoms with van der Waals surface area (Å²) in [6.07, 6.45) is 4.09. The van der Waals surface area contributed by atoms with Gasteiger partial charge in [-0.15, -0.1) is 0 Å². The summed E-state index contributed by atoms with van der Waals surface area (Å²) in [5.74, 6) is -1.42. The summed E-state index contributed by atoms with van der Waals surface area (Å²) in [7, 11) is 2.46. The predicted octanol–water partition coefficient (Wildman–Crippen LogP) is 3.53. The van der Waals surface area contributed by atoms with Gasteiger partial charge in [0.2, 0.25) is 0 Å². The number of ether oxygens (including phenoxy) is 2. The molecule has 178 valence electrons. The van der Waals surface area contributed by atoms with E-state index >= 15 is 0 Å². The molecule has 0 unspecified atom stereocenters. The third kappa shape index (κ3) is 5.08. The first kappa shape index (κ1) is 23.4. The van der Waals surface area contributed by atoms with E-state index in [2.05, 4.69) is 20.0 Å². The summed E-state index contributed by atoms with van der Waals surface area (Å²) < 4.78 is 24.8. The van der Waals surface area contributed by atoms with Crippen LogP contribution in [0.3, 0.4) is 0 Å². The number of nitrogens with one attached hydrogen (secondary N) is 1. The average Bonchev–Trinajstić information content (AvgIpc) is 3.30. The second-order valence-corrected chi connectivity index (χ2v) is 7.29. The van der Waals surface area contributed by atoms with Gasteiger partial charge in [0.15, 0.2) is 0 Å². The normalized spacial score (nSPS) is 10.6. The molecule has 1 N–H and O–H groups in total. The lowest BCUT2D eigenvalue weighted by molar-refractivity contribution is -0.138. The summed E-state index contributed by atoms with van der Waals surface area (Å²) in [5, 5.41) is 2.47. The van der Waals surface area contributed by atoms with Crippen molar-refractivity contribution in [2.75, 3.05) is 31.0 Å². The number of anilines is 2. The molecule has 4 aromatic rings. The van der Waals surface area contributed by atoms with E-state index in [9.17, 15) is 18.8 Å². The van der Waals surface area contributed by atoms with Gasteiger partial charge in [-0.2, -0.15) is 0 Å². The van der Waals surface area contributed by atoms with Crippen LogP contribution in [0, 0.1) is 5.82 Å². The first-order chi connectivity index (χ1) is 16.9. The quantitative estimate of drug-likeness (QED) is 0.423. The van der Waals surface area contributed by atoms with Gasteiger partial charge in [0.05, 0.1) is 31.7 Å². The van der Waals surface area contributed by atoms with Crippen LogP contribution in [0.15, 0.2) is 67.1 Å². The lowest BCUT2D eigenvalue weighted by Crippen LogP contribution is -2.36. The Bertz CT molecular complexity index is 1400. The fraction of sp³-hybridized carbons (Fsp3) is 0.125. The molecule has 2 amide bonds. The largest absolute Gasteiger partial charge is 0.468 e. The van der Waals surface area contributed by atoms with Crippen LogP contribution >= 0.6 is 0 Å². The number of hydrogen-bond acceptors (Lipinski definition) is 7. The lowest BCUT2D eigenvalue weighted by Gasteiger charge is -2.22. The Morgan fingerprint density at radius 1 is 1.03 bits per heavy atom. The van der Waals surface area contributed by atoms with E-state index < -0.39 is 30.3 Å². The van der Waals surface area contributed by atoms with Crippen molar-refractivity contribution in [2.45, 2.75) is 0 Å². The van der Waals surface area contributed by atoms with Crippen molar-refractivity contribution in [3.63, 3.8) is 0 Å². The summed E-state index contributed by atoms with van der Waals surface area (Å²) >= 11 is 0. The molecule has 0 atom stereocenters. The molecule has 1 aromatic carbocycles. The van der Waals surface area contributed by atoms with Crippen LogP contribution in [-0.2, 0) is 14.3 Å². The fourth-order valence-electron chi connectivity index (χ4n) is 3.37. The number of fused-ring (bicyclic) bond motifs is 1. The number of methoxy groups -OCH3 is 2. The molecule has 11 heteroatoms. The van der Waals surface area contributed by atoms with Gasteiger partial charge >= 0.3 is 12.1 Å². The van der Waals surface area contributed by atoms with Gasteiger partial charge in [-0.3, -0.25) is 24.2 Å². The third-order valence-electron chi connectivity index (χ3n) is 5.11. The second-order valence-electron chi connectivity index (χ2n) is 7.29. The Morgan fingerprint density at radius 3 is 2.54 bits per heavy atom. The van der Waals surface area contributed by atoms with Crippen molar-refractivity contribution in [2.24, 2.45) is 0 Å². The predicted molar refractivity (Wildman–Crippen MR) is 125 cm³/mol. The second kappa shape index (κ2) is 10.00. The number of pyridine rings is 2. The summed E-state index contributed by atoms with van der Waals surface area (Å²) in [5.41, 5.74) is 2.33. The van der Waals surface area contributed by atoms with Gasteiger partial charge in [0.25, 0.3) is 5.91 Å². The third-order valence-corrected chi connectivity index (χ3v) is 5.11. The zero-order valence-corrected chi connectivity index (χ0v) is 18.8. The van der Waals surface area contributed by atoms with Crippen LogP contribution < -0.4 is 10.2 Å². The number of carbonyl (C=O) groups is 3. The molecule has 0 aliphatic heterocycles. The van der Waals surface area contributed by atoms with Crippen molar-refractivity contribution in [3.05, 3.63) is 78.5 Å². The van der Waals surface area contributed by atoms with Gasteiger partial charge in [-0.05, 0) is 42.5 Å². The van der Waals surface area contributed by atoms with Gasteiger partial charge in [-0.1, -0.05) is 6.07 Å². The maximum absolute atomic E-state index is 13.8. The molecule has 0 saturated carbocycles. The number of hydrogen-bond donors (Lipinski definition) is 1. The first-order valence-electron chi connectivity index (χ1n) is 10.3. The van der Waals surface area contributed by atoms with Gasteiger partial charge in [0.1, 0.15) is 23.8 Å². The number of amides is 2. The Hall–Kier alpha value is -4.80. The molecule has 10 nitrogen and oxygen atoms in total. The summed E-state index contributed by atoms with van der Waals surface area (Å²) in [6.45, 7) is -0.397. The highest BCUT2D eigenvalue weighted by molar-refractivity contribution is 6.08. The molecule has 0 bridgehead atoms. The van der Waals surface area contributed by atoms with Crippen molar-refractivity contribution in [3.8, 4) is 11.3 Å². The molecule has 0 saturated heterocycles. The Balaban J connectivity index is 1.69. The van der Waals surface area contributed by atoms with E-state index in [-0.39, 0.29) is 11.3 Å². The van der Waals surface area contributed by atoms with Crippen molar-refractivity contribution < 1.29 is 28.2 Å². The lowest BCUT2D eigenvalue weighted by atomic mass is 10.2. The molecule has 35 heavy (non-hydrogen) atoms. The molecule has 0 radical (unpaired) electrons. The van der Waals surface area contributed by atoms with Crippen molar-refractivity contribution >= 4 is 35.1 Å². The van der Waals surface area contributed by atoms with E-state index in [1.165, 1.54) is 32.4 Å². The molecule has 0 aliphatic rings. The molecule has 4 rings (SSSR count). The highest BCUT2D eigenvalue weighted by Gasteiger charge is 2.22. The SMILES string of the molecule is COC(=O)CN(C(=O)c1ccc2ncc(-c3ccc(NC(=O)OC)nc3)n2c1)c1cccc(F)c1. The smallest absolute Gasteiger partial charge is 0.412 e. The summed E-state index contributed by atoms with van der Waals surface area (Å²) in [4.78, 5) is 46.4. The Labute approximate surface area is 198 Å². The number of benzene rings is 1. The zero-order valence-electron chi connectivity index (χ0n) is 18.8. The van der Waals surface area contributed by atoms with Crippen LogP contribution in [-0.4, -0.2) is 53.1 Å². The van der Waals surface area contributed by atoms with E-state index in [0.717, 1.165) is 11.0 Å². The van der Waals surface area contributed by atoms with Crippen LogP contribution in [0.4, 0.5) is 20.7 Å². The number of carbonyl (C=O) groups excluding carboxylic acids is 3. The molecule has 0 spiro atoms. The minimum absolute atomic E-state index is 0.212. The Kier molecular flexibility index (Phi) is 6.67. The highest BCUT2D eigenvalue weighted by atomic mass is 19.1. The molecular formula is C24H20FN5O5. The number of rotatable bonds is 6. The van der Waals surface area contributed by atoms with Crippen LogP contribution in [0.25, 0.3) is 16.9 Å². The molecule has 3 aromatic heterocycles. The topological polar surface area (TPSA) is 115 Å². The number of aromatic nitrogens is 3. The van der Waals surface area contributed by atoms with E-state index in [4.69, 9.17) is 4.74 Å². The zero-order chi connectivity index (χ0) is 24.9.